The molecule has 0 radical (unpaired) electrons. The molecule has 2 heterocycles. The fraction of sp³-hybridized carbons (Fsp3) is 0.800. The van der Waals surface area contributed by atoms with E-state index in [1.54, 1.807) is 11.8 Å². The summed E-state index contributed by atoms with van der Waals surface area (Å²) in [4.78, 5) is 22.3. The molecule has 96 valence electrons. The van der Waals surface area contributed by atoms with Crippen molar-refractivity contribution in [3.63, 3.8) is 0 Å². The van der Waals surface area contributed by atoms with Crippen molar-refractivity contribution in [1.29, 1.82) is 0 Å². The topological polar surface area (TPSA) is 87.7 Å². The van der Waals surface area contributed by atoms with Gasteiger partial charge in [-0.05, 0) is 12.8 Å². The number of carboxylic acids is 1. The Morgan fingerprint density at radius 2 is 2.29 bits per heavy atom. The predicted molar refractivity (Wildman–Crippen MR) is 62.8 cm³/mol. The molecule has 2 aliphatic heterocycles. The van der Waals surface area contributed by atoms with E-state index in [9.17, 15) is 9.59 Å². The number of carboxylic acid groups (broad SMARTS) is 1. The number of carbonyl (C=O) groups is 2. The first-order valence-corrected chi connectivity index (χ1v) is 6.79. The molecular weight excluding hydrogens is 244 g/mol. The number of hydrogen-bond donors (Lipinski definition) is 3. The average Bonchev–Trinajstić information content (AvgIpc) is 2.97. The summed E-state index contributed by atoms with van der Waals surface area (Å²) in [6.07, 6.45) is 0.323. The summed E-state index contributed by atoms with van der Waals surface area (Å²) < 4.78 is 5.30. The van der Waals surface area contributed by atoms with Crippen LogP contribution in [0.4, 0.5) is 0 Å². The van der Waals surface area contributed by atoms with Gasteiger partial charge in [-0.1, -0.05) is 0 Å². The molecule has 0 spiro atoms. The molecule has 3 unspecified atom stereocenters. The zero-order valence-electron chi connectivity index (χ0n) is 9.35. The Morgan fingerprint density at radius 1 is 1.47 bits per heavy atom. The van der Waals surface area contributed by atoms with Crippen molar-refractivity contribution in [2.75, 3.05) is 18.2 Å². The molecule has 17 heavy (non-hydrogen) atoms. The molecule has 2 saturated heterocycles. The van der Waals surface area contributed by atoms with Crippen molar-refractivity contribution in [3.05, 3.63) is 0 Å². The SMILES string of the molecule is O=C(NCC1CCC(C(=O)O)O1)C1CSCN1. The summed E-state index contributed by atoms with van der Waals surface area (Å²) in [5, 5.41) is 14.6. The predicted octanol–water partition coefficient (Wildman–Crippen LogP) is -0.603. The zero-order valence-corrected chi connectivity index (χ0v) is 10.2. The van der Waals surface area contributed by atoms with Crippen molar-refractivity contribution in [2.24, 2.45) is 0 Å². The van der Waals surface area contributed by atoms with E-state index in [1.807, 2.05) is 0 Å². The third-order valence-electron chi connectivity index (χ3n) is 2.92. The van der Waals surface area contributed by atoms with Gasteiger partial charge in [0.05, 0.1) is 12.1 Å². The van der Waals surface area contributed by atoms with Crippen molar-refractivity contribution in [2.45, 2.75) is 31.1 Å². The van der Waals surface area contributed by atoms with E-state index in [4.69, 9.17) is 9.84 Å². The lowest BCUT2D eigenvalue weighted by atomic mass is 10.2. The summed E-state index contributed by atoms with van der Waals surface area (Å²) in [6.45, 7) is 0.394. The van der Waals surface area contributed by atoms with Gasteiger partial charge in [0.25, 0.3) is 0 Å². The molecule has 6 nitrogen and oxygen atoms in total. The number of rotatable bonds is 4. The third-order valence-corrected chi connectivity index (χ3v) is 3.86. The summed E-state index contributed by atoms with van der Waals surface area (Å²) in [6, 6.07) is -0.128. The minimum absolute atomic E-state index is 0.0302. The Labute approximate surface area is 103 Å². The Morgan fingerprint density at radius 3 is 2.88 bits per heavy atom. The lowest BCUT2D eigenvalue weighted by Crippen LogP contribution is -2.44. The Balaban J connectivity index is 1.68. The Hall–Kier alpha value is -0.790. The van der Waals surface area contributed by atoms with Crippen LogP contribution >= 0.6 is 11.8 Å². The monoisotopic (exact) mass is 260 g/mol. The lowest BCUT2D eigenvalue weighted by molar-refractivity contribution is -0.149. The van der Waals surface area contributed by atoms with Crippen molar-refractivity contribution in [3.8, 4) is 0 Å². The van der Waals surface area contributed by atoms with Gasteiger partial charge in [-0.2, -0.15) is 0 Å². The van der Waals surface area contributed by atoms with E-state index in [2.05, 4.69) is 10.6 Å². The Kier molecular flexibility index (Phi) is 4.25. The van der Waals surface area contributed by atoms with Crippen LogP contribution in [0.3, 0.4) is 0 Å². The number of amides is 1. The second-order valence-corrected chi connectivity index (χ2v) is 5.21. The maximum Gasteiger partial charge on any atom is 0.332 e. The van der Waals surface area contributed by atoms with Crippen LogP contribution < -0.4 is 10.6 Å². The number of hydrogen-bond acceptors (Lipinski definition) is 5. The van der Waals surface area contributed by atoms with Crippen LogP contribution in [0, 0.1) is 0 Å². The van der Waals surface area contributed by atoms with Crippen LogP contribution in [0.15, 0.2) is 0 Å². The maximum atomic E-state index is 11.7. The van der Waals surface area contributed by atoms with Gasteiger partial charge in [0.2, 0.25) is 5.91 Å². The molecule has 0 aromatic heterocycles. The van der Waals surface area contributed by atoms with Crippen molar-refractivity contribution in [1.82, 2.24) is 10.6 Å². The van der Waals surface area contributed by atoms with Crippen LogP contribution in [0.5, 0.6) is 0 Å². The van der Waals surface area contributed by atoms with Gasteiger partial charge >= 0.3 is 5.97 Å². The van der Waals surface area contributed by atoms with Crippen molar-refractivity contribution >= 4 is 23.6 Å². The molecule has 0 aliphatic carbocycles. The van der Waals surface area contributed by atoms with Crippen LogP contribution in [-0.4, -0.2) is 53.4 Å². The smallest absolute Gasteiger partial charge is 0.332 e. The molecule has 0 aromatic rings. The number of nitrogens with one attached hydrogen (secondary N) is 2. The molecule has 2 aliphatic rings. The molecule has 7 heteroatoms. The highest BCUT2D eigenvalue weighted by molar-refractivity contribution is 7.99. The Bertz CT molecular complexity index is 307. The van der Waals surface area contributed by atoms with E-state index in [0.717, 1.165) is 11.6 Å². The van der Waals surface area contributed by atoms with Gasteiger partial charge in [-0.15, -0.1) is 11.8 Å². The molecule has 0 aromatic carbocycles. The van der Waals surface area contributed by atoms with E-state index < -0.39 is 12.1 Å². The van der Waals surface area contributed by atoms with E-state index in [1.165, 1.54) is 0 Å². The largest absolute Gasteiger partial charge is 0.479 e. The molecular formula is C10H16N2O4S. The van der Waals surface area contributed by atoms with Gasteiger partial charge in [-0.3, -0.25) is 10.1 Å². The maximum absolute atomic E-state index is 11.7. The van der Waals surface area contributed by atoms with Gasteiger partial charge in [-0.25, -0.2) is 4.79 Å². The number of carbonyl (C=O) groups excluding carboxylic acids is 1. The normalized spacial score (nSPS) is 32.6. The van der Waals surface area contributed by atoms with Crippen LogP contribution in [-0.2, 0) is 14.3 Å². The summed E-state index contributed by atoms with van der Waals surface area (Å²) in [7, 11) is 0. The fourth-order valence-corrected chi connectivity index (χ4v) is 2.88. The second-order valence-electron chi connectivity index (χ2n) is 4.18. The summed E-state index contributed by atoms with van der Waals surface area (Å²) >= 11 is 1.69. The van der Waals surface area contributed by atoms with Gasteiger partial charge < -0.3 is 15.2 Å². The average molecular weight is 260 g/mol. The molecule has 2 fully saturated rings. The highest BCUT2D eigenvalue weighted by Crippen LogP contribution is 2.19. The minimum atomic E-state index is -0.923. The molecule has 0 bridgehead atoms. The highest BCUT2D eigenvalue weighted by atomic mass is 32.2. The highest BCUT2D eigenvalue weighted by Gasteiger charge is 2.31. The number of aliphatic carboxylic acids is 1. The first-order valence-electron chi connectivity index (χ1n) is 5.64. The zero-order chi connectivity index (χ0) is 12.3. The number of ether oxygens (including phenoxy) is 1. The van der Waals surface area contributed by atoms with Crippen LogP contribution in [0.1, 0.15) is 12.8 Å². The fourth-order valence-electron chi connectivity index (χ4n) is 1.94. The molecule has 1 amide bonds. The molecule has 3 N–H and O–H groups in total. The summed E-state index contributed by atoms with van der Waals surface area (Å²) in [5.41, 5.74) is 0. The van der Waals surface area contributed by atoms with Gasteiger partial charge in [0.1, 0.15) is 0 Å². The minimum Gasteiger partial charge on any atom is -0.479 e. The lowest BCUT2D eigenvalue weighted by Gasteiger charge is -2.14. The van der Waals surface area contributed by atoms with Gasteiger partial charge in [0.15, 0.2) is 6.10 Å². The number of thioether (sulfide) groups is 1. The first kappa shape index (κ1) is 12.7. The van der Waals surface area contributed by atoms with Gasteiger partial charge in [0, 0.05) is 18.2 Å². The molecule has 3 atom stereocenters. The quantitative estimate of drug-likeness (QED) is 0.625. The molecule has 2 rings (SSSR count). The van der Waals surface area contributed by atoms with E-state index >= 15 is 0 Å². The van der Waals surface area contributed by atoms with Crippen LogP contribution in [0.25, 0.3) is 0 Å². The second kappa shape index (κ2) is 5.70. The van der Waals surface area contributed by atoms with E-state index in [0.29, 0.717) is 19.4 Å². The van der Waals surface area contributed by atoms with Crippen molar-refractivity contribution < 1.29 is 19.4 Å². The summed E-state index contributed by atoms with van der Waals surface area (Å²) in [5.74, 6) is 0.638. The first-order chi connectivity index (χ1) is 8.16. The van der Waals surface area contributed by atoms with Crippen LogP contribution in [0.2, 0.25) is 0 Å². The molecule has 0 saturated carbocycles. The standard InChI is InChI=1S/C10H16N2O4S/c13-9(7-4-17-5-12-7)11-3-6-1-2-8(16-6)10(14)15/h6-8,12H,1-5H2,(H,11,13)(H,14,15). The van der Waals surface area contributed by atoms with E-state index in [-0.39, 0.29) is 18.1 Å². The third kappa shape index (κ3) is 3.34.